The second kappa shape index (κ2) is 15.3. The Balaban J connectivity index is 1.89. The normalized spacial score (nSPS) is 12.0. The second-order valence-corrected chi connectivity index (χ2v) is 12.5. The van der Waals surface area contributed by atoms with Gasteiger partial charge in [-0.05, 0) is 36.1 Å². The van der Waals surface area contributed by atoms with Crippen LogP contribution in [0.3, 0.4) is 0 Å². The predicted molar refractivity (Wildman–Crippen MR) is 163 cm³/mol. The van der Waals surface area contributed by atoms with Crippen molar-refractivity contribution in [3.8, 4) is 5.75 Å². The van der Waals surface area contributed by atoms with E-state index < -0.39 is 21.9 Å². The summed E-state index contributed by atoms with van der Waals surface area (Å²) >= 11 is 0. The van der Waals surface area contributed by atoms with Gasteiger partial charge < -0.3 is 15.0 Å². The second-order valence-electron chi connectivity index (χ2n) is 10.6. The van der Waals surface area contributed by atoms with Gasteiger partial charge in [0.15, 0.2) is 0 Å². The van der Waals surface area contributed by atoms with Crippen LogP contribution in [0.4, 0.5) is 10.1 Å². The first kappa shape index (κ1) is 32.6. The molecule has 1 atom stereocenters. The quantitative estimate of drug-likeness (QED) is 0.272. The summed E-state index contributed by atoms with van der Waals surface area (Å²) in [5, 5.41) is 2.94. The van der Waals surface area contributed by atoms with Crippen molar-refractivity contribution in [1.82, 2.24) is 10.2 Å². The summed E-state index contributed by atoms with van der Waals surface area (Å²) in [4.78, 5) is 28.8. The summed E-state index contributed by atoms with van der Waals surface area (Å²) in [7, 11) is -2.17. The number of amides is 2. The molecule has 0 heterocycles. The lowest BCUT2D eigenvalue weighted by atomic mass is 10.0. The number of halogens is 1. The van der Waals surface area contributed by atoms with Crippen LogP contribution in [-0.4, -0.2) is 57.6 Å². The van der Waals surface area contributed by atoms with Crippen LogP contribution in [0.1, 0.15) is 37.8 Å². The van der Waals surface area contributed by atoms with Crippen LogP contribution in [0, 0.1) is 11.7 Å². The van der Waals surface area contributed by atoms with E-state index in [2.05, 4.69) is 5.32 Å². The topological polar surface area (TPSA) is 96.0 Å². The average molecular weight is 598 g/mol. The molecule has 0 saturated heterocycles. The summed E-state index contributed by atoms with van der Waals surface area (Å²) in [6.45, 7) is 4.31. The van der Waals surface area contributed by atoms with Crippen molar-refractivity contribution < 1.29 is 27.1 Å². The lowest BCUT2D eigenvalue weighted by molar-refractivity contribution is -0.141. The third-order valence-electron chi connectivity index (χ3n) is 6.75. The fraction of sp³-hybridized carbons (Fsp3) is 0.375. The van der Waals surface area contributed by atoms with Crippen LogP contribution >= 0.6 is 0 Å². The number of anilines is 1. The Morgan fingerprint density at radius 2 is 1.67 bits per heavy atom. The molecule has 3 aromatic rings. The van der Waals surface area contributed by atoms with E-state index in [1.54, 1.807) is 42.5 Å². The average Bonchev–Trinajstić information content (AvgIpc) is 2.96. The molecule has 0 spiro atoms. The number of carbonyl (C=O) groups excluding carboxylic acids is 2. The van der Waals surface area contributed by atoms with Gasteiger partial charge in [0.05, 0.1) is 19.1 Å². The summed E-state index contributed by atoms with van der Waals surface area (Å²) in [5.41, 5.74) is 1.56. The maximum absolute atomic E-state index is 14.8. The third-order valence-corrected chi connectivity index (χ3v) is 7.94. The van der Waals surface area contributed by atoms with Crippen LogP contribution in [0.2, 0.25) is 0 Å². The van der Waals surface area contributed by atoms with E-state index in [1.807, 2.05) is 44.2 Å². The van der Waals surface area contributed by atoms with Gasteiger partial charge in [0.25, 0.3) is 0 Å². The highest BCUT2D eigenvalue weighted by Gasteiger charge is 2.31. The molecule has 10 heteroatoms. The smallest absolute Gasteiger partial charge is 0.243 e. The predicted octanol–water partition coefficient (Wildman–Crippen LogP) is 4.79. The number of rotatable bonds is 15. The van der Waals surface area contributed by atoms with E-state index in [0.717, 1.165) is 11.8 Å². The van der Waals surface area contributed by atoms with Gasteiger partial charge in [-0.3, -0.25) is 13.9 Å². The fourth-order valence-corrected chi connectivity index (χ4v) is 5.51. The third kappa shape index (κ3) is 9.58. The van der Waals surface area contributed by atoms with Gasteiger partial charge in [-0.1, -0.05) is 68.4 Å². The van der Waals surface area contributed by atoms with Crippen molar-refractivity contribution in [3.63, 3.8) is 0 Å². The minimum atomic E-state index is -3.66. The van der Waals surface area contributed by atoms with Crippen LogP contribution in [-0.2, 0) is 32.6 Å². The molecule has 0 bridgehead atoms. The van der Waals surface area contributed by atoms with E-state index in [4.69, 9.17) is 4.74 Å². The van der Waals surface area contributed by atoms with Gasteiger partial charge in [-0.25, -0.2) is 12.8 Å². The molecule has 8 nitrogen and oxygen atoms in total. The molecular formula is C32H40FN3O5S. The van der Waals surface area contributed by atoms with E-state index in [9.17, 15) is 22.4 Å². The number of carbonyl (C=O) groups is 2. The first-order chi connectivity index (χ1) is 20.0. The lowest BCUT2D eigenvalue weighted by Gasteiger charge is -2.32. The minimum absolute atomic E-state index is 0.0359. The van der Waals surface area contributed by atoms with Crippen LogP contribution in [0.25, 0.3) is 0 Å². The van der Waals surface area contributed by atoms with Gasteiger partial charge in [0.1, 0.15) is 17.6 Å². The van der Waals surface area contributed by atoms with Crippen LogP contribution in [0.15, 0.2) is 78.9 Å². The molecule has 3 rings (SSSR count). The molecule has 0 aliphatic carbocycles. The minimum Gasteiger partial charge on any atom is -0.497 e. The van der Waals surface area contributed by atoms with Crippen molar-refractivity contribution in [2.24, 2.45) is 5.92 Å². The van der Waals surface area contributed by atoms with Crippen molar-refractivity contribution in [2.45, 2.75) is 45.7 Å². The SMILES string of the molecule is COc1cccc(N(CCCC(=O)N(Cc2ccccc2F)C(Cc2ccccc2)C(=O)NCC(C)C)S(C)(=O)=O)c1. The molecular weight excluding hydrogens is 557 g/mol. The Labute approximate surface area is 248 Å². The van der Waals surface area contributed by atoms with E-state index in [-0.39, 0.29) is 55.6 Å². The van der Waals surface area contributed by atoms with Gasteiger partial charge in [-0.15, -0.1) is 0 Å². The molecule has 42 heavy (non-hydrogen) atoms. The number of nitrogens with one attached hydrogen (secondary N) is 1. The highest BCUT2D eigenvalue weighted by Crippen LogP contribution is 2.24. The molecule has 0 fully saturated rings. The summed E-state index contributed by atoms with van der Waals surface area (Å²) in [6.07, 6.45) is 1.48. The van der Waals surface area contributed by atoms with E-state index >= 15 is 0 Å². The highest BCUT2D eigenvalue weighted by molar-refractivity contribution is 7.92. The summed E-state index contributed by atoms with van der Waals surface area (Å²) in [5.74, 6) is -0.480. The maximum atomic E-state index is 14.8. The summed E-state index contributed by atoms with van der Waals surface area (Å²) in [6, 6.07) is 21.3. The molecule has 226 valence electrons. The van der Waals surface area contributed by atoms with Gasteiger partial charge in [-0.2, -0.15) is 0 Å². The number of hydrogen-bond acceptors (Lipinski definition) is 5. The van der Waals surface area contributed by atoms with Crippen molar-refractivity contribution >= 4 is 27.5 Å². The van der Waals surface area contributed by atoms with Crippen molar-refractivity contribution in [3.05, 3.63) is 95.8 Å². The van der Waals surface area contributed by atoms with Crippen molar-refractivity contribution in [2.75, 3.05) is 30.8 Å². The Morgan fingerprint density at radius 1 is 0.976 bits per heavy atom. The number of nitrogens with zero attached hydrogens (tertiary/aromatic N) is 2. The zero-order valence-electron chi connectivity index (χ0n) is 24.6. The number of methoxy groups -OCH3 is 1. The Morgan fingerprint density at radius 3 is 2.31 bits per heavy atom. The molecule has 1 N–H and O–H groups in total. The van der Waals surface area contributed by atoms with Crippen LogP contribution < -0.4 is 14.4 Å². The highest BCUT2D eigenvalue weighted by atomic mass is 32.2. The van der Waals surface area contributed by atoms with Crippen LogP contribution in [0.5, 0.6) is 5.75 Å². The van der Waals surface area contributed by atoms with Gasteiger partial charge >= 0.3 is 0 Å². The number of hydrogen-bond donors (Lipinski definition) is 1. The molecule has 1 unspecified atom stereocenters. The zero-order chi connectivity index (χ0) is 30.7. The van der Waals surface area contributed by atoms with E-state index in [0.29, 0.717) is 18.0 Å². The Hall–Kier alpha value is -3.92. The number of benzene rings is 3. The fourth-order valence-electron chi connectivity index (χ4n) is 4.56. The molecule has 0 aromatic heterocycles. The first-order valence-corrected chi connectivity index (χ1v) is 15.8. The number of sulfonamides is 1. The molecule has 2 amide bonds. The van der Waals surface area contributed by atoms with Crippen molar-refractivity contribution in [1.29, 1.82) is 0 Å². The zero-order valence-corrected chi connectivity index (χ0v) is 25.4. The molecule has 0 saturated carbocycles. The molecule has 0 aliphatic rings. The first-order valence-electron chi connectivity index (χ1n) is 14.0. The number of ether oxygens (including phenoxy) is 1. The largest absolute Gasteiger partial charge is 0.497 e. The molecule has 0 aliphatic heterocycles. The van der Waals surface area contributed by atoms with Gasteiger partial charge in [0, 0.05) is 44.1 Å². The standard InChI is InChI=1S/C32H40FN3O5S/c1-24(2)22-34-32(38)30(20-25-12-6-5-7-13-25)35(23-26-14-8-9-17-29(26)33)31(37)18-11-19-36(42(4,39)40)27-15-10-16-28(21-27)41-3/h5-10,12-17,21,24,30H,11,18-20,22-23H2,1-4H3,(H,34,38). The van der Waals surface area contributed by atoms with E-state index in [1.165, 1.54) is 22.4 Å². The Bertz CT molecular complexity index is 1430. The monoisotopic (exact) mass is 597 g/mol. The molecule has 0 radical (unpaired) electrons. The maximum Gasteiger partial charge on any atom is 0.243 e. The van der Waals surface area contributed by atoms with Gasteiger partial charge in [0.2, 0.25) is 21.8 Å². The summed E-state index contributed by atoms with van der Waals surface area (Å²) < 4.78 is 46.5. The Kier molecular flexibility index (Phi) is 11.9. The molecule has 3 aromatic carbocycles. The lowest BCUT2D eigenvalue weighted by Crippen LogP contribution is -2.51.